The molecule has 0 spiro atoms. The smallest absolute Gasteiger partial charge is 0.341 e. The molecule has 0 radical (unpaired) electrons. The first-order valence-electron chi connectivity index (χ1n) is 16.7. The number of fused-ring (bicyclic) bond motifs is 4. The largest absolute Gasteiger partial charge is 0.479 e. The number of anilines is 2. The van der Waals surface area contributed by atoms with Crippen molar-refractivity contribution in [3.63, 3.8) is 0 Å². The number of aromatic nitrogens is 10. The van der Waals surface area contributed by atoms with Crippen molar-refractivity contribution in [3.05, 3.63) is 68.8 Å². The lowest BCUT2D eigenvalue weighted by atomic mass is 10.3. The molecule has 7 rings (SSSR count). The minimum atomic E-state index is -1.12. The average molecular weight is 777 g/mol. The Bertz CT molecular complexity index is 2440. The van der Waals surface area contributed by atoms with Gasteiger partial charge in [-0.25, -0.2) is 24.4 Å². The lowest BCUT2D eigenvalue weighted by Gasteiger charge is -2.10. The van der Waals surface area contributed by atoms with Gasteiger partial charge in [-0.05, 0) is 31.5 Å². The second kappa shape index (κ2) is 18.2. The summed E-state index contributed by atoms with van der Waals surface area (Å²) >= 11 is 0. The molecular formula is C33H40N14O9. The number of imidazole rings is 2. The van der Waals surface area contributed by atoms with E-state index < -0.39 is 24.0 Å². The van der Waals surface area contributed by atoms with E-state index >= 15 is 0 Å². The van der Waals surface area contributed by atoms with E-state index in [1.165, 1.54) is 15.2 Å². The van der Waals surface area contributed by atoms with Crippen molar-refractivity contribution in [2.24, 2.45) is 5.73 Å². The summed E-state index contributed by atoms with van der Waals surface area (Å²) in [6.07, 6.45) is 1.16. The Hall–Kier alpha value is -7.30. The number of carboxylic acid groups (broad SMARTS) is 1. The molecule has 296 valence electrons. The monoisotopic (exact) mass is 776 g/mol. The van der Waals surface area contributed by atoms with Gasteiger partial charge in [0.25, 0.3) is 5.91 Å². The Balaban J connectivity index is 0.000000211. The fourth-order valence-corrected chi connectivity index (χ4v) is 5.10. The van der Waals surface area contributed by atoms with Gasteiger partial charge < -0.3 is 56.5 Å². The van der Waals surface area contributed by atoms with E-state index in [0.717, 1.165) is 0 Å². The van der Waals surface area contributed by atoms with Gasteiger partial charge in [-0.3, -0.25) is 13.9 Å². The molecule has 0 fully saturated rings. The number of aromatic amines is 2. The zero-order chi connectivity index (χ0) is 38.9. The number of nitrogens with two attached hydrogens (primary N) is 3. The highest BCUT2D eigenvalue weighted by Gasteiger charge is 2.18. The van der Waals surface area contributed by atoms with E-state index in [-0.39, 0.29) is 80.3 Å². The van der Waals surface area contributed by atoms with Gasteiger partial charge in [0, 0.05) is 18.7 Å². The summed E-state index contributed by atoms with van der Waals surface area (Å²) in [6, 6.07) is 10.1. The first-order chi connectivity index (χ1) is 26.6. The van der Waals surface area contributed by atoms with Crippen LogP contribution >= 0.6 is 0 Å². The summed E-state index contributed by atoms with van der Waals surface area (Å²) in [5.74, 6) is -0.760. The van der Waals surface area contributed by atoms with Crippen molar-refractivity contribution in [3.8, 4) is 23.8 Å². The summed E-state index contributed by atoms with van der Waals surface area (Å²) in [6.45, 7) is 0.990. The van der Waals surface area contributed by atoms with E-state index in [1.54, 1.807) is 30.3 Å². The number of H-pyrrole nitrogens is 2. The van der Waals surface area contributed by atoms with Gasteiger partial charge in [0.1, 0.15) is 11.0 Å². The molecular weight excluding hydrogens is 736 g/mol. The molecule has 0 atom stereocenters. The topological polar surface area (TPSA) is 334 Å². The first-order valence-corrected chi connectivity index (χ1v) is 16.7. The number of ether oxygens (including phenoxy) is 4. The molecule has 7 heterocycles. The van der Waals surface area contributed by atoms with Crippen LogP contribution in [0.15, 0.2) is 46.0 Å². The standard InChI is InChI=1S/C16H19N7O5.C16H17N7O4.CH4/c17-5-2-6-27-15-21-13(18)12-14(22-15)23(16(26)20-12)7-9-3-1-4-10(19-9)28-8-11(24)25;17-13-12-14-22-15(21-13)26-6-2-5-18-10(24)8-27-11-4-1-3-9(19-11)7-23(14)16(25)20-12;/h1,3-4H,2,5-8,17H2,(H,20,26)(H,24,25)(H2,18,21,22);1,3-4H,2,5-8H2,(H,18,24)(H,20,25)(H2,17,21,22);1H4. The number of carbonyl (C=O) groups is 2. The third-order valence-electron chi connectivity index (χ3n) is 7.61. The van der Waals surface area contributed by atoms with Crippen molar-refractivity contribution in [2.75, 3.05) is 51.0 Å². The number of hydrogen-bond donors (Lipinski definition) is 7. The van der Waals surface area contributed by atoms with Crippen molar-refractivity contribution in [1.82, 2.24) is 54.3 Å². The van der Waals surface area contributed by atoms with Crippen LogP contribution < -0.4 is 52.8 Å². The summed E-state index contributed by atoms with van der Waals surface area (Å²) in [5.41, 5.74) is 18.7. The maximum atomic E-state index is 12.4. The number of rotatable bonds is 9. The van der Waals surface area contributed by atoms with Gasteiger partial charge in [0.2, 0.25) is 11.8 Å². The molecule has 6 aromatic heterocycles. The normalized spacial score (nSPS) is 12.8. The first kappa shape index (κ1) is 39.9. The summed E-state index contributed by atoms with van der Waals surface area (Å²) < 4.78 is 24.1. The van der Waals surface area contributed by atoms with Crippen LogP contribution in [-0.2, 0) is 22.7 Å². The number of nitrogens with zero attached hydrogens (tertiary/aromatic N) is 8. The number of pyridine rings is 2. The summed E-state index contributed by atoms with van der Waals surface area (Å²) in [4.78, 5) is 77.5. The van der Waals surface area contributed by atoms with Gasteiger partial charge in [-0.15, -0.1) is 0 Å². The molecule has 10 N–H and O–H groups in total. The molecule has 56 heavy (non-hydrogen) atoms. The van der Waals surface area contributed by atoms with Gasteiger partial charge in [-0.1, -0.05) is 19.6 Å². The van der Waals surface area contributed by atoms with E-state index in [2.05, 4.69) is 45.2 Å². The molecule has 0 unspecified atom stereocenters. The Labute approximate surface area is 316 Å². The highest BCUT2D eigenvalue weighted by atomic mass is 16.5. The Kier molecular flexibility index (Phi) is 12.9. The van der Waals surface area contributed by atoms with Crippen LogP contribution in [0.1, 0.15) is 31.7 Å². The van der Waals surface area contributed by atoms with E-state index in [4.69, 9.17) is 41.3 Å². The summed E-state index contributed by atoms with van der Waals surface area (Å²) in [7, 11) is 0. The molecule has 1 amide bonds. The van der Waals surface area contributed by atoms with Crippen LogP contribution in [0.5, 0.6) is 23.8 Å². The van der Waals surface area contributed by atoms with Crippen LogP contribution in [-0.4, -0.2) is 106 Å². The quantitative estimate of drug-likeness (QED) is 0.0901. The van der Waals surface area contributed by atoms with E-state index in [9.17, 15) is 19.2 Å². The number of nitrogen functional groups attached to an aromatic ring is 2. The second-order valence-corrected chi connectivity index (χ2v) is 11.7. The molecule has 1 aliphatic rings. The highest BCUT2D eigenvalue weighted by Crippen LogP contribution is 2.20. The third-order valence-corrected chi connectivity index (χ3v) is 7.61. The molecule has 6 aromatic rings. The lowest BCUT2D eigenvalue weighted by molar-refractivity contribution is -0.139. The fraction of sp³-hybridized carbons (Fsp3) is 0.333. The number of aliphatic carboxylic acids is 1. The Morgan fingerprint density at radius 2 is 1.66 bits per heavy atom. The lowest BCUT2D eigenvalue weighted by Crippen LogP contribution is -2.30. The number of carbonyl (C=O) groups excluding carboxylic acids is 1. The Morgan fingerprint density at radius 3 is 2.46 bits per heavy atom. The van der Waals surface area contributed by atoms with Crippen LogP contribution in [0, 0.1) is 0 Å². The number of carboxylic acids is 1. The number of amides is 1. The van der Waals surface area contributed by atoms with E-state index in [1.807, 2.05) is 0 Å². The molecule has 0 aliphatic carbocycles. The number of hydrogen-bond acceptors (Lipinski definition) is 17. The molecule has 0 saturated carbocycles. The van der Waals surface area contributed by atoms with Gasteiger partial charge >= 0.3 is 29.4 Å². The van der Waals surface area contributed by atoms with Gasteiger partial charge in [0.15, 0.2) is 36.1 Å². The average Bonchev–Trinajstić information content (AvgIpc) is 3.65. The minimum absolute atomic E-state index is 0. The molecule has 23 nitrogen and oxygen atoms in total. The number of nitrogens with one attached hydrogen (secondary N) is 3. The molecule has 4 bridgehead atoms. The van der Waals surface area contributed by atoms with E-state index in [0.29, 0.717) is 61.0 Å². The van der Waals surface area contributed by atoms with Crippen LogP contribution in [0.25, 0.3) is 22.3 Å². The van der Waals surface area contributed by atoms with Crippen molar-refractivity contribution >= 4 is 45.8 Å². The Morgan fingerprint density at radius 1 is 0.893 bits per heavy atom. The van der Waals surface area contributed by atoms with Gasteiger partial charge in [-0.2, -0.15) is 19.9 Å². The van der Waals surface area contributed by atoms with Crippen LogP contribution in [0.2, 0.25) is 0 Å². The molecule has 1 aliphatic heterocycles. The van der Waals surface area contributed by atoms with Crippen molar-refractivity contribution in [2.45, 2.75) is 33.4 Å². The molecule has 0 aromatic carbocycles. The predicted octanol–water partition coefficient (Wildman–Crippen LogP) is -0.605. The van der Waals surface area contributed by atoms with Crippen molar-refractivity contribution in [1.29, 1.82) is 0 Å². The second-order valence-electron chi connectivity index (χ2n) is 11.7. The molecule has 0 saturated heterocycles. The zero-order valence-corrected chi connectivity index (χ0v) is 29.1. The highest BCUT2D eigenvalue weighted by molar-refractivity contribution is 5.82. The summed E-state index contributed by atoms with van der Waals surface area (Å²) in [5, 5.41) is 11.4. The minimum Gasteiger partial charge on any atom is -0.479 e. The predicted molar refractivity (Wildman–Crippen MR) is 199 cm³/mol. The van der Waals surface area contributed by atoms with Crippen LogP contribution in [0.4, 0.5) is 11.6 Å². The van der Waals surface area contributed by atoms with Crippen molar-refractivity contribution < 1.29 is 33.6 Å². The SMILES string of the molecule is C.NCCCOc1nc(N)c2[nH]c(=O)n(Cc3cccc(OCC(=O)O)n3)c2n1.Nc1nc2nc3c1[nH]c(=O)n3Cc1cccc(n1)OCC(=O)NCCCO2. The third kappa shape index (κ3) is 9.81. The maximum absolute atomic E-state index is 12.4. The maximum Gasteiger partial charge on any atom is 0.341 e. The van der Waals surface area contributed by atoms with Gasteiger partial charge in [0.05, 0.1) is 37.7 Å². The molecule has 23 heteroatoms. The van der Waals surface area contributed by atoms with Crippen LogP contribution in [0.3, 0.4) is 0 Å². The fourth-order valence-electron chi connectivity index (χ4n) is 5.10. The zero-order valence-electron chi connectivity index (χ0n) is 29.1.